The molecule has 0 atom stereocenters. The van der Waals surface area contributed by atoms with Crippen LogP contribution < -0.4 is 5.32 Å². The molecule has 0 saturated carbocycles. The predicted octanol–water partition coefficient (Wildman–Crippen LogP) is 4.60. The van der Waals surface area contributed by atoms with Crippen molar-refractivity contribution < 1.29 is 9.72 Å². The van der Waals surface area contributed by atoms with E-state index in [4.69, 9.17) is 11.6 Å². The Morgan fingerprint density at radius 1 is 1.29 bits per heavy atom. The van der Waals surface area contributed by atoms with E-state index in [1.165, 1.54) is 30.0 Å². The Bertz CT molecular complexity index is 1010. The number of halogens is 1. The van der Waals surface area contributed by atoms with Gasteiger partial charge in [0, 0.05) is 23.2 Å². The predicted molar refractivity (Wildman–Crippen MR) is 110 cm³/mol. The number of nitrogens with zero attached hydrogens (tertiary/aromatic N) is 2. The number of thioether (sulfide) groups is 1. The fourth-order valence-electron chi connectivity index (χ4n) is 2.58. The number of carbonyl (C=O) groups is 1. The first-order valence-corrected chi connectivity index (χ1v) is 9.74. The monoisotopic (exact) mass is 416 g/mol. The molecule has 144 valence electrons. The maximum absolute atomic E-state index is 12.2. The Morgan fingerprint density at radius 3 is 2.75 bits per heavy atom. The molecule has 0 saturated heterocycles. The molecular formula is C19H17ClN4O3S. The molecule has 28 heavy (non-hydrogen) atoms. The molecule has 0 spiro atoms. The number of hydrogen-bond acceptors (Lipinski definition) is 5. The Kier molecular flexibility index (Phi) is 6.33. The third-order valence-electron chi connectivity index (χ3n) is 3.95. The van der Waals surface area contributed by atoms with Gasteiger partial charge in [-0.05, 0) is 24.6 Å². The van der Waals surface area contributed by atoms with Gasteiger partial charge in [-0.2, -0.15) is 0 Å². The van der Waals surface area contributed by atoms with Gasteiger partial charge in [-0.15, -0.1) is 0 Å². The van der Waals surface area contributed by atoms with Crippen molar-refractivity contribution in [2.45, 2.75) is 18.5 Å². The first kappa shape index (κ1) is 19.9. The minimum absolute atomic E-state index is 0.0670. The number of H-pyrrole nitrogens is 1. The first-order chi connectivity index (χ1) is 13.4. The molecule has 1 amide bonds. The largest absolute Gasteiger partial charge is 0.337 e. The van der Waals surface area contributed by atoms with Crippen molar-refractivity contribution in [2.75, 3.05) is 11.1 Å². The summed E-state index contributed by atoms with van der Waals surface area (Å²) in [5.74, 6) is -0.300. The third kappa shape index (κ3) is 5.11. The highest BCUT2D eigenvalue weighted by atomic mass is 35.5. The van der Waals surface area contributed by atoms with Crippen LogP contribution in [0.15, 0.2) is 53.7 Å². The number of benzene rings is 2. The number of hydrogen-bond donors (Lipinski definition) is 2. The first-order valence-electron chi connectivity index (χ1n) is 8.38. The second-order valence-corrected chi connectivity index (χ2v) is 7.43. The summed E-state index contributed by atoms with van der Waals surface area (Å²) in [6.45, 7) is 1.94. The molecule has 1 aromatic heterocycles. The summed E-state index contributed by atoms with van der Waals surface area (Å²) in [6, 6.07) is 14.1. The van der Waals surface area contributed by atoms with E-state index in [0.29, 0.717) is 11.6 Å². The van der Waals surface area contributed by atoms with Crippen LogP contribution in [-0.2, 0) is 11.2 Å². The second kappa shape index (κ2) is 8.90. The van der Waals surface area contributed by atoms with Crippen molar-refractivity contribution in [1.82, 2.24) is 9.97 Å². The fourth-order valence-corrected chi connectivity index (χ4v) is 3.48. The standard InChI is InChI=1S/C19H17ClN4O3S/c1-12-16(9-13-5-3-2-4-6-13)23-19(21-12)28-11-18(25)22-15-8-7-14(20)10-17(15)24(26)27/h2-8,10H,9,11H2,1H3,(H,21,23)(H,22,25). The van der Waals surface area contributed by atoms with Gasteiger partial charge in [0.2, 0.25) is 5.91 Å². The molecule has 0 bridgehead atoms. The quantitative estimate of drug-likeness (QED) is 0.333. The zero-order valence-corrected chi connectivity index (χ0v) is 16.5. The normalized spacial score (nSPS) is 10.6. The van der Waals surface area contributed by atoms with Crippen LogP contribution in [0.25, 0.3) is 0 Å². The number of aromatic amines is 1. The van der Waals surface area contributed by atoms with Crippen molar-refractivity contribution in [3.8, 4) is 0 Å². The smallest absolute Gasteiger partial charge is 0.294 e. The molecule has 9 heteroatoms. The molecule has 0 unspecified atom stereocenters. The minimum atomic E-state index is -0.583. The molecule has 0 aliphatic heterocycles. The van der Waals surface area contributed by atoms with Gasteiger partial charge in [-0.1, -0.05) is 53.7 Å². The molecule has 0 radical (unpaired) electrons. The maximum Gasteiger partial charge on any atom is 0.294 e. The maximum atomic E-state index is 12.2. The van der Waals surface area contributed by atoms with Gasteiger partial charge in [0.05, 0.1) is 16.4 Å². The average molecular weight is 417 g/mol. The number of rotatable bonds is 7. The van der Waals surface area contributed by atoms with Crippen LogP contribution >= 0.6 is 23.4 Å². The molecule has 2 N–H and O–H groups in total. The highest BCUT2D eigenvalue weighted by Gasteiger charge is 2.17. The number of nitrogens with one attached hydrogen (secondary N) is 2. The number of carbonyl (C=O) groups excluding carboxylic acids is 1. The highest BCUT2D eigenvalue weighted by Crippen LogP contribution is 2.28. The van der Waals surface area contributed by atoms with Crippen molar-refractivity contribution >= 4 is 40.6 Å². The molecule has 7 nitrogen and oxygen atoms in total. The third-order valence-corrected chi connectivity index (χ3v) is 5.06. The topological polar surface area (TPSA) is 101 Å². The minimum Gasteiger partial charge on any atom is -0.337 e. The number of anilines is 1. The lowest BCUT2D eigenvalue weighted by Gasteiger charge is -2.05. The summed E-state index contributed by atoms with van der Waals surface area (Å²) in [7, 11) is 0. The van der Waals surface area contributed by atoms with Gasteiger partial charge in [-0.3, -0.25) is 14.9 Å². The second-order valence-electron chi connectivity index (χ2n) is 6.03. The van der Waals surface area contributed by atoms with Gasteiger partial charge >= 0.3 is 0 Å². The highest BCUT2D eigenvalue weighted by molar-refractivity contribution is 7.99. The number of amides is 1. The van der Waals surface area contributed by atoms with Crippen LogP contribution in [0.4, 0.5) is 11.4 Å². The van der Waals surface area contributed by atoms with Crippen molar-refractivity contribution in [1.29, 1.82) is 0 Å². The lowest BCUT2D eigenvalue weighted by molar-refractivity contribution is -0.383. The Hall–Kier alpha value is -2.84. The summed E-state index contributed by atoms with van der Waals surface area (Å²) in [5, 5.41) is 14.5. The van der Waals surface area contributed by atoms with E-state index >= 15 is 0 Å². The van der Waals surface area contributed by atoms with Crippen molar-refractivity contribution in [3.05, 3.63) is 80.6 Å². The van der Waals surface area contributed by atoms with Crippen molar-refractivity contribution in [3.63, 3.8) is 0 Å². The number of imidazole rings is 1. The number of aromatic nitrogens is 2. The van der Waals surface area contributed by atoms with Crippen LogP contribution in [0.1, 0.15) is 17.0 Å². The lowest BCUT2D eigenvalue weighted by atomic mass is 10.1. The van der Waals surface area contributed by atoms with Gasteiger partial charge in [0.15, 0.2) is 5.16 Å². The molecular weight excluding hydrogens is 400 g/mol. The molecule has 0 aliphatic rings. The van der Waals surface area contributed by atoms with E-state index in [2.05, 4.69) is 15.3 Å². The molecule has 3 rings (SSSR count). The summed E-state index contributed by atoms with van der Waals surface area (Å²) >= 11 is 7.02. The molecule has 3 aromatic rings. The fraction of sp³-hybridized carbons (Fsp3) is 0.158. The van der Waals surface area contributed by atoms with Crippen LogP contribution in [-0.4, -0.2) is 26.6 Å². The molecule has 1 heterocycles. The Morgan fingerprint density at radius 2 is 2.04 bits per heavy atom. The molecule has 0 fully saturated rings. The van der Waals surface area contributed by atoms with Crippen molar-refractivity contribution in [2.24, 2.45) is 0 Å². The zero-order valence-electron chi connectivity index (χ0n) is 14.9. The van der Waals surface area contributed by atoms with Gasteiger partial charge in [-0.25, -0.2) is 4.98 Å². The summed E-state index contributed by atoms with van der Waals surface area (Å²) in [5.41, 5.74) is 2.88. The summed E-state index contributed by atoms with van der Waals surface area (Å²) in [4.78, 5) is 30.4. The van der Waals surface area contributed by atoms with E-state index in [0.717, 1.165) is 17.0 Å². The van der Waals surface area contributed by atoms with Crippen LogP contribution in [0, 0.1) is 17.0 Å². The SMILES string of the molecule is Cc1[nH]c(SCC(=O)Nc2ccc(Cl)cc2[N+](=O)[O-])nc1Cc1ccccc1. The molecule has 0 aliphatic carbocycles. The Balaban J connectivity index is 1.61. The van der Waals surface area contributed by atoms with E-state index in [1.54, 1.807) is 0 Å². The van der Waals surface area contributed by atoms with E-state index in [9.17, 15) is 14.9 Å². The van der Waals surface area contributed by atoms with Crippen LogP contribution in [0.2, 0.25) is 5.02 Å². The van der Waals surface area contributed by atoms with Gasteiger partial charge < -0.3 is 10.3 Å². The summed E-state index contributed by atoms with van der Waals surface area (Å²) < 4.78 is 0. The van der Waals surface area contributed by atoms with Gasteiger partial charge in [0.1, 0.15) is 5.69 Å². The lowest BCUT2D eigenvalue weighted by Crippen LogP contribution is -2.15. The van der Waals surface area contributed by atoms with Crippen LogP contribution in [0.3, 0.4) is 0 Å². The molecule has 2 aromatic carbocycles. The number of aryl methyl sites for hydroxylation is 1. The average Bonchev–Trinajstić information content (AvgIpc) is 3.01. The number of nitro groups is 1. The van der Waals surface area contributed by atoms with E-state index < -0.39 is 4.92 Å². The van der Waals surface area contributed by atoms with E-state index in [-0.39, 0.29) is 28.1 Å². The zero-order chi connectivity index (χ0) is 20.1. The number of nitro benzene ring substituents is 1. The van der Waals surface area contributed by atoms with E-state index in [1.807, 2.05) is 37.3 Å². The summed E-state index contributed by atoms with van der Waals surface area (Å²) in [6.07, 6.45) is 0.701. The Labute approximate surface area is 170 Å². The van der Waals surface area contributed by atoms with Gasteiger partial charge in [0.25, 0.3) is 5.69 Å². The van der Waals surface area contributed by atoms with Crippen LogP contribution in [0.5, 0.6) is 0 Å².